The van der Waals surface area contributed by atoms with Gasteiger partial charge in [0.15, 0.2) is 0 Å². The average Bonchev–Trinajstić information content (AvgIpc) is 2.35. The number of rotatable bonds is 4. The Morgan fingerprint density at radius 2 is 2.17 bits per heavy atom. The van der Waals surface area contributed by atoms with Gasteiger partial charge in [-0.2, -0.15) is 0 Å². The predicted molar refractivity (Wildman–Crippen MR) is 71.8 cm³/mol. The molecule has 1 aromatic carbocycles. The zero-order valence-electron chi connectivity index (χ0n) is 10.5. The SMILES string of the molecule is Cc1cc(NCC(C)C(=O)O)c2ccccc2n1. The summed E-state index contributed by atoms with van der Waals surface area (Å²) in [6.45, 7) is 4.02. The number of carboxylic acid groups (broad SMARTS) is 1. The summed E-state index contributed by atoms with van der Waals surface area (Å²) >= 11 is 0. The zero-order chi connectivity index (χ0) is 13.1. The molecule has 0 bridgehead atoms. The molecule has 2 rings (SSSR count). The molecule has 1 atom stereocenters. The Bertz CT molecular complexity index is 581. The van der Waals surface area contributed by atoms with Gasteiger partial charge in [0.25, 0.3) is 0 Å². The second-order valence-corrected chi connectivity index (χ2v) is 4.45. The molecule has 2 aromatic rings. The van der Waals surface area contributed by atoms with Crippen LogP contribution in [0, 0.1) is 12.8 Å². The molecule has 0 amide bonds. The maximum absolute atomic E-state index is 10.8. The molecule has 0 radical (unpaired) electrons. The number of aromatic nitrogens is 1. The summed E-state index contributed by atoms with van der Waals surface area (Å²) < 4.78 is 0. The third-order valence-electron chi connectivity index (χ3n) is 2.86. The van der Waals surface area contributed by atoms with Gasteiger partial charge in [-0.1, -0.05) is 25.1 Å². The Hall–Kier alpha value is -2.10. The lowest BCUT2D eigenvalue weighted by atomic mass is 10.1. The van der Waals surface area contributed by atoms with Crippen LogP contribution in [-0.4, -0.2) is 22.6 Å². The molecular formula is C14H16N2O2. The van der Waals surface area contributed by atoms with E-state index in [1.807, 2.05) is 37.3 Å². The summed E-state index contributed by atoms with van der Waals surface area (Å²) in [5.41, 5.74) is 2.77. The fourth-order valence-corrected chi connectivity index (χ4v) is 1.80. The molecule has 1 heterocycles. The molecule has 0 saturated heterocycles. The van der Waals surface area contributed by atoms with Crippen molar-refractivity contribution in [2.45, 2.75) is 13.8 Å². The molecular weight excluding hydrogens is 228 g/mol. The first-order chi connectivity index (χ1) is 8.58. The summed E-state index contributed by atoms with van der Waals surface area (Å²) in [7, 11) is 0. The minimum atomic E-state index is -0.794. The van der Waals surface area contributed by atoms with Gasteiger partial charge in [0, 0.05) is 23.3 Å². The van der Waals surface area contributed by atoms with E-state index in [4.69, 9.17) is 5.11 Å². The third-order valence-corrected chi connectivity index (χ3v) is 2.86. The zero-order valence-corrected chi connectivity index (χ0v) is 10.5. The quantitative estimate of drug-likeness (QED) is 0.868. The van der Waals surface area contributed by atoms with Crippen molar-refractivity contribution in [1.82, 2.24) is 4.98 Å². The van der Waals surface area contributed by atoms with Crippen LogP contribution in [0.1, 0.15) is 12.6 Å². The predicted octanol–water partition coefficient (Wildman–Crippen LogP) is 2.68. The van der Waals surface area contributed by atoms with Crippen LogP contribution in [0.2, 0.25) is 0 Å². The molecule has 18 heavy (non-hydrogen) atoms. The summed E-state index contributed by atoms with van der Waals surface area (Å²) in [5, 5.41) is 13.1. The van der Waals surface area contributed by atoms with E-state index in [1.165, 1.54) is 0 Å². The van der Waals surface area contributed by atoms with Gasteiger partial charge in [0.1, 0.15) is 0 Å². The summed E-state index contributed by atoms with van der Waals surface area (Å²) in [4.78, 5) is 15.2. The Morgan fingerprint density at radius 1 is 1.44 bits per heavy atom. The number of pyridine rings is 1. The van der Waals surface area contributed by atoms with Gasteiger partial charge in [-0.3, -0.25) is 9.78 Å². The molecule has 0 aliphatic rings. The van der Waals surface area contributed by atoms with Crippen molar-refractivity contribution in [3.8, 4) is 0 Å². The van der Waals surface area contributed by atoms with Gasteiger partial charge in [0.05, 0.1) is 11.4 Å². The van der Waals surface area contributed by atoms with Crippen LogP contribution in [0.15, 0.2) is 30.3 Å². The number of fused-ring (bicyclic) bond motifs is 1. The number of nitrogens with one attached hydrogen (secondary N) is 1. The topological polar surface area (TPSA) is 62.2 Å². The molecule has 0 aliphatic carbocycles. The van der Waals surface area contributed by atoms with Crippen molar-refractivity contribution in [2.75, 3.05) is 11.9 Å². The van der Waals surface area contributed by atoms with E-state index in [-0.39, 0.29) is 0 Å². The minimum absolute atomic E-state index is 0.406. The van der Waals surface area contributed by atoms with Crippen molar-refractivity contribution >= 4 is 22.6 Å². The fourth-order valence-electron chi connectivity index (χ4n) is 1.80. The van der Waals surface area contributed by atoms with Crippen molar-refractivity contribution in [3.05, 3.63) is 36.0 Å². The van der Waals surface area contributed by atoms with Crippen LogP contribution >= 0.6 is 0 Å². The van der Waals surface area contributed by atoms with Crippen LogP contribution in [0.5, 0.6) is 0 Å². The normalized spacial score (nSPS) is 12.3. The first-order valence-electron chi connectivity index (χ1n) is 5.91. The molecule has 1 unspecified atom stereocenters. The Balaban J connectivity index is 2.29. The fraction of sp³-hybridized carbons (Fsp3) is 0.286. The molecule has 0 fully saturated rings. The van der Waals surface area contributed by atoms with E-state index < -0.39 is 11.9 Å². The summed E-state index contributed by atoms with van der Waals surface area (Å²) in [5.74, 6) is -1.21. The lowest BCUT2D eigenvalue weighted by Gasteiger charge is -2.12. The van der Waals surface area contributed by atoms with E-state index in [1.54, 1.807) is 6.92 Å². The number of aryl methyl sites for hydroxylation is 1. The molecule has 0 spiro atoms. The Morgan fingerprint density at radius 3 is 2.89 bits per heavy atom. The van der Waals surface area contributed by atoms with Crippen LogP contribution in [-0.2, 0) is 4.79 Å². The molecule has 0 saturated carbocycles. The molecule has 2 N–H and O–H groups in total. The molecule has 94 valence electrons. The van der Waals surface area contributed by atoms with E-state index in [0.29, 0.717) is 6.54 Å². The Kier molecular flexibility index (Phi) is 3.46. The van der Waals surface area contributed by atoms with Crippen LogP contribution in [0.3, 0.4) is 0 Å². The summed E-state index contributed by atoms with van der Waals surface area (Å²) in [6, 6.07) is 9.77. The van der Waals surface area contributed by atoms with Gasteiger partial charge in [-0.15, -0.1) is 0 Å². The molecule has 0 aliphatic heterocycles. The molecule has 4 heteroatoms. The highest BCUT2D eigenvalue weighted by atomic mass is 16.4. The molecule has 4 nitrogen and oxygen atoms in total. The summed E-state index contributed by atoms with van der Waals surface area (Å²) in [6.07, 6.45) is 0. The number of benzene rings is 1. The minimum Gasteiger partial charge on any atom is -0.481 e. The van der Waals surface area contributed by atoms with E-state index in [2.05, 4.69) is 10.3 Å². The Labute approximate surface area is 106 Å². The van der Waals surface area contributed by atoms with Gasteiger partial charge in [-0.25, -0.2) is 0 Å². The third kappa shape index (κ3) is 2.59. The highest BCUT2D eigenvalue weighted by Gasteiger charge is 2.11. The van der Waals surface area contributed by atoms with E-state index in [0.717, 1.165) is 22.3 Å². The lowest BCUT2D eigenvalue weighted by Crippen LogP contribution is -2.19. The smallest absolute Gasteiger partial charge is 0.308 e. The highest BCUT2D eigenvalue weighted by molar-refractivity contribution is 5.91. The van der Waals surface area contributed by atoms with E-state index in [9.17, 15) is 4.79 Å². The first kappa shape index (κ1) is 12.4. The van der Waals surface area contributed by atoms with Gasteiger partial charge < -0.3 is 10.4 Å². The van der Waals surface area contributed by atoms with Crippen molar-refractivity contribution in [3.63, 3.8) is 0 Å². The van der Waals surface area contributed by atoms with Gasteiger partial charge in [-0.05, 0) is 19.1 Å². The second kappa shape index (κ2) is 5.04. The van der Waals surface area contributed by atoms with Crippen molar-refractivity contribution < 1.29 is 9.90 Å². The number of para-hydroxylation sites is 1. The number of aliphatic carboxylic acids is 1. The van der Waals surface area contributed by atoms with Crippen LogP contribution < -0.4 is 5.32 Å². The van der Waals surface area contributed by atoms with Gasteiger partial charge in [0.2, 0.25) is 0 Å². The van der Waals surface area contributed by atoms with Crippen molar-refractivity contribution in [2.24, 2.45) is 5.92 Å². The van der Waals surface area contributed by atoms with Crippen molar-refractivity contribution in [1.29, 1.82) is 0 Å². The first-order valence-corrected chi connectivity index (χ1v) is 5.91. The number of hydrogen-bond donors (Lipinski definition) is 2. The second-order valence-electron chi connectivity index (χ2n) is 4.45. The number of anilines is 1. The van der Waals surface area contributed by atoms with E-state index >= 15 is 0 Å². The largest absolute Gasteiger partial charge is 0.481 e. The monoisotopic (exact) mass is 244 g/mol. The standard InChI is InChI=1S/C14H16N2O2/c1-9(14(17)18)8-15-13-7-10(2)16-12-6-4-3-5-11(12)13/h3-7,9H,8H2,1-2H3,(H,15,16)(H,17,18). The number of carboxylic acids is 1. The van der Waals surface area contributed by atoms with Crippen LogP contribution in [0.25, 0.3) is 10.9 Å². The molecule has 1 aromatic heterocycles. The average molecular weight is 244 g/mol. The maximum atomic E-state index is 10.8. The number of nitrogens with zero attached hydrogens (tertiary/aromatic N) is 1. The number of carbonyl (C=O) groups is 1. The highest BCUT2D eigenvalue weighted by Crippen LogP contribution is 2.23. The maximum Gasteiger partial charge on any atom is 0.308 e. The number of hydrogen-bond acceptors (Lipinski definition) is 3. The lowest BCUT2D eigenvalue weighted by molar-refractivity contribution is -0.140. The van der Waals surface area contributed by atoms with Crippen LogP contribution in [0.4, 0.5) is 5.69 Å². The van der Waals surface area contributed by atoms with Gasteiger partial charge >= 0.3 is 5.97 Å².